The van der Waals surface area contributed by atoms with Crippen LogP contribution in [0.1, 0.15) is 33.1 Å². The van der Waals surface area contributed by atoms with Gasteiger partial charge in [-0.1, -0.05) is 6.92 Å². The van der Waals surface area contributed by atoms with Crippen molar-refractivity contribution >= 4 is 5.96 Å². The number of hydrogen-bond acceptors (Lipinski definition) is 3. The molecule has 2 unspecified atom stereocenters. The molecule has 2 atom stereocenters. The summed E-state index contributed by atoms with van der Waals surface area (Å²) in [6, 6.07) is 0.628. The predicted octanol–water partition coefficient (Wildman–Crippen LogP) is 1.06. The first-order valence-corrected chi connectivity index (χ1v) is 7.43. The van der Waals surface area contributed by atoms with Crippen LogP contribution in [0.3, 0.4) is 0 Å². The van der Waals surface area contributed by atoms with Crippen molar-refractivity contribution in [1.29, 1.82) is 0 Å². The number of aliphatic imine (C=N–C) groups is 1. The molecule has 19 heavy (non-hydrogen) atoms. The van der Waals surface area contributed by atoms with Gasteiger partial charge in [-0.2, -0.15) is 0 Å². The Morgan fingerprint density at radius 2 is 2.26 bits per heavy atom. The highest BCUT2D eigenvalue weighted by molar-refractivity contribution is 5.79. The molecule has 1 rings (SSSR count). The second kappa shape index (κ2) is 9.15. The van der Waals surface area contributed by atoms with Gasteiger partial charge in [0.05, 0.1) is 6.10 Å². The number of ether oxygens (including phenoxy) is 1. The van der Waals surface area contributed by atoms with Gasteiger partial charge in [-0.3, -0.25) is 4.99 Å². The summed E-state index contributed by atoms with van der Waals surface area (Å²) in [6.45, 7) is 8.15. The van der Waals surface area contributed by atoms with Crippen molar-refractivity contribution < 1.29 is 4.74 Å². The number of guanidine groups is 1. The van der Waals surface area contributed by atoms with Gasteiger partial charge >= 0.3 is 0 Å². The van der Waals surface area contributed by atoms with Crippen molar-refractivity contribution in [3.63, 3.8) is 0 Å². The Hall–Kier alpha value is -0.810. The van der Waals surface area contributed by atoms with E-state index in [1.807, 2.05) is 7.05 Å². The van der Waals surface area contributed by atoms with Gasteiger partial charge < -0.3 is 20.3 Å². The molecule has 0 radical (unpaired) electrons. The smallest absolute Gasteiger partial charge is 0.191 e. The van der Waals surface area contributed by atoms with Gasteiger partial charge in [0.15, 0.2) is 5.96 Å². The molecule has 0 saturated carbocycles. The Labute approximate surface area is 117 Å². The van der Waals surface area contributed by atoms with E-state index in [0.717, 1.165) is 38.6 Å². The average Bonchev–Trinajstić information content (AvgIpc) is 2.94. The van der Waals surface area contributed by atoms with E-state index < -0.39 is 0 Å². The van der Waals surface area contributed by atoms with Crippen LogP contribution in [0.4, 0.5) is 0 Å². The minimum absolute atomic E-state index is 0.348. The quantitative estimate of drug-likeness (QED) is 0.536. The molecule has 1 saturated heterocycles. The summed E-state index contributed by atoms with van der Waals surface area (Å²) in [6.07, 6.45) is 3.86. The van der Waals surface area contributed by atoms with E-state index in [0.29, 0.717) is 12.1 Å². The fourth-order valence-corrected chi connectivity index (χ4v) is 2.12. The van der Waals surface area contributed by atoms with Crippen LogP contribution in [-0.2, 0) is 4.74 Å². The van der Waals surface area contributed by atoms with Crippen LogP contribution in [0.15, 0.2) is 4.99 Å². The molecule has 0 aromatic heterocycles. The van der Waals surface area contributed by atoms with Crippen molar-refractivity contribution in [2.75, 3.05) is 40.3 Å². The third-order valence-electron chi connectivity index (χ3n) is 3.84. The Kier molecular flexibility index (Phi) is 7.82. The summed E-state index contributed by atoms with van der Waals surface area (Å²) in [5, 5.41) is 6.67. The molecule has 5 heteroatoms. The van der Waals surface area contributed by atoms with Crippen LogP contribution in [0.2, 0.25) is 0 Å². The maximum absolute atomic E-state index is 5.58. The number of nitrogens with zero attached hydrogens (tertiary/aromatic N) is 2. The molecule has 0 aliphatic carbocycles. The van der Waals surface area contributed by atoms with Crippen molar-refractivity contribution in [3.8, 4) is 0 Å². The lowest BCUT2D eigenvalue weighted by molar-refractivity contribution is 0.114. The lowest BCUT2D eigenvalue weighted by Gasteiger charge is -2.24. The lowest BCUT2D eigenvalue weighted by atomic mass is 10.2. The largest absolute Gasteiger partial charge is 0.376 e. The van der Waals surface area contributed by atoms with E-state index in [4.69, 9.17) is 4.74 Å². The summed E-state index contributed by atoms with van der Waals surface area (Å²) in [5.74, 6) is 0.869. The summed E-state index contributed by atoms with van der Waals surface area (Å²) in [5.41, 5.74) is 0. The molecular weight excluding hydrogens is 240 g/mol. The van der Waals surface area contributed by atoms with Crippen molar-refractivity contribution in [1.82, 2.24) is 15.5 Å². The maximum Gasteiger partial charge on any atom is 0.191 e. The first-order valence-electron chi connectivity index (χ1n) is 7.43. The normalized spacial score (nSPS) is 21.7. The zero-order valence-corrected chi connectivity index (χ0v) is 12.9. The number of hydrogen-bond donors (Lipinski definition) is 2. The molecule has 0 amide bonds. The molecule has 5 nitrogen and oxygen atoms in total. The molecular formula is C14H30N4O. The zero-order valence-electron chi connectivity index (χ0n) is 12.9. The minimum atomic E-state index is 0.348. The van der Waals surface area contributed by atoms with Gasteiger partial charge in [-0.15, -0.1) is 0 Å². The monoisotopic (exact) mass is 270 g/mol. The first kappa shape index (κ1) is 16.2. The third kappa shape index (κ3) is 6.25. The fourth-order valence-electron chi connectivity index (χ4n) is 2.12. The van der Waals surface area contributed by atoms with E-state index in [2.05, 4.69) is 41.4 Å². The summed E-state index contributed by atoms with van der Waals surface area (Å²) in [4.78, 5) is 6.59. The van der Waals surface area contributed by atoms with Crippen molar-refractivity contribution in [2.45, 2.75) is 45.3 Å². The molecule has 0 aromatic rings. The fraction of sp³-hybridized carbons (Fsp3) is 0.929. The van der Waals surface area contributed by atoms with Gasteiger partial charge in [0.2, 0.25) is 0 Å². The maximum atomic E-state index is 5.58. The van der Waals surface area contributed by atoms with Gasteiger partial charge in [-0.05, 0) is 33.2 Å². The lowest BCUT2D eigenvalue weighted by Crippen LogP contribution is -2.44. The van der Waals surface area contributed by atoms with Gasteiger partial charge in [-0.25, -0.2) is 0 Å². The summed E-state index contributed by atoms with van der Waals surface area (Å²) < 4.78 is 5.58. The molecule has 1 aliphatic heterocycles. The predicted molar refractivity (Wildman–Crippen MR) is 80.7 cm³/mol. The molecule has 0 bridgehead atoms. The van der Waals surface area contributed by atoms with Crippen LogP contribution in [-0.4, -0.2) is 63.3 Å². The van der Waals surface area contributed by atoms with Crippen LogP contribution in [0.5, 0.6) is 0 Å². The van der Waals surface area contributed by atoms with Gasteiger partial charge in [0, 0.05) is 39.3 Å². The van der Waals surface area contributed by atoms with E-state index in [-0.39, 0.29) is 0 Å². The Balaban J connectivity index is 2.14. The highest BCUT2D eigenvalue weighted by atomic mass is 16.5. The minimum Gasteiger partial charge on any atom is -0.376 e. The van der Waals surface area contributed by atoms with E-state index >= 15 is 0 Å². The van der Waals surface area contributed by atoms with Gasteiger partial charge in [0.25, 0.3) is 0 Å². The third-order valence-corrected chi connectivity index (χ3v) is 3.84. The highest BCUT2D eigenvalue weighted by Gasteiger charge is 2.15. The van der Waals surface area contributed by atoms with E-state index in [9.17, 15) is 0 Å². The van der Waals surface area contributed by atoms with Crippen LogP contribution < -0.4 is 10.6 Å². The molecule has 1 aliphatic rings. The van der Waals surface area contributed by atoms with Crippen LogP contribution in [0.25, 0.3) is 0 Å². The first-order chi connectivity index (χ1) is 9.17. The molecule has 0 spiro atoms. The SMILES string of the molecule is CCC(C)N(C)CCNC(=NC)NCC1CCCO1. The number of likely N-dealkylation sites (N-methyl/N-ethyl adjacent to an activating group) is 1. The second-order valence-corrected chi connectivity index (χ2v) is 5.25. The van der Waals surface area contributed by atoms with Crippen LogP contribution in [0, 0.1) is 0 Å². The Bertz CT molecular complexity index is 264. The van der Waals surface area contributed by atoms with E-state index in [1.54, 1.807) is 0 Å². The van der Waals surface area contributed by atoms with Crippen LogP contribution >= 0.6 is 0 Å². The van der Waals surface area contributed by atoms with Crippen molar-refractivity contribution in [2.24, 2.45) is 4.99 Å². The van der Waals surface area contributed by atoms with Crippen molar-refractivity contribution in [3.05, 3.63) is 0 Å². The van der Waals surface area contributed by atoms with E-state index in [1.165, 1.54) is 12.8 Å². The Morgan fingerprint density at radius 1 is 1.47 bits per heavy atom. The highest BCUT2D eigenvalue weighted by Crippen LogP contribution is 2.10. The number of rotatable bonds is 7. The Morgan fingerprint density at radius 3 is 2.84 bits per heavy atom. The molecule has 2 N–H and O–H groups in total. The summed E-state index contributed by atoms with van der Waals surface area (Å²) in [7, 11) is 3.97. The molecule has 0 aromatic carbocycles. The topological polar surface area (TPSA) is 48.9 Å². The zero-order chi connectivity index (χ0) is 14.1. The number of nitrogens with one attached hydrogen (secondary N) is 2. The second-order valence-electron chi connectivity index (χ2n) is 5.25. The standard InChI is InChI=1S/C14H30N4O/c1-5-12(2)18(4)9-8-16-14(15-3)17-11-13-7-6-10-19-13/h12-13H,5-11H2,1-4H3,(H2,15,16,17). The molecule has 1 fully saturated rings. The summed E-state index contributed by atoms with van der Waals surface area (Å²) >= 11 is 0. The van der Waals surface area contributed by atoms with Gasteiger partial charge in [0.1, 0.15) is 0 Å². The average molecular weight is 270 g/mol. The molecule has 112 valence electrons. The molecule has 1 heterocycles.